The number of carboxylic acids is 2. The fourth-order valence-electron chi connectivity index (χ4n) is 0.704. The maximum atomic E-state index is 10.1. The van der Waals surface area contributed by atoms with Gasteiger partial charge in [-0.25, -0.2) is 4.79 Å². The predicted molar refractivity (Wildman–Crippen MR) is 39.9 cm³/mol. The van der Waals surface area contributed by atoms with Crippen molar-refractivity contribution in [1.82, 2.24) is 0 Å². The van der Waals surface area contributed by atoms with Gasteiger partial charge < -0.3 is 14.9 Å². The lowest BCUT2D eigenvalue weighted by Gasteiger charge is -2.07. The maximum absolute atomic E-state index is 10.1. The summed E-state index contributed by atoms with van der Waals surface area (Å²) in [6, 6.07) is 0. The van der Waals surface area contributed by atoms with Crippen molar-refractivity contribution in [1.29, 1.82) is 0 Å². The molecular formula is C7H12O5. The Balaban J connectivity index is 3.37. The molecule has 0 aliphatic carbocycles. The smallest absolute Gasteiger partial charge is 0.329 e. The molecule has 0 spiro atoms. The van der Waals surface area contributed by atoms with Crippen LogP contribution in [-0.4, -0.2) is 35.4 Å². The lowest BCUT2D eigenvalue weighted by Crippen LogP contribution is -2.14. The second-order valence-electron chi connectivity index (χ2n) is 2.61. The van der Waals surface area contributed by atoms with Gasteiger partial charge in [0.1, 0.15) is 6.61 Å². The fourth-order valence-corrected chi connectivity index (χ4v) is 0.704. The molecule has 0 radical (unpaired) electrons. The molecule has 0 fully saturated rings. The van der Waals surface area contributed by atoms with Gasteiger partial charge in [-0.1, -0.05) is 6.92 Å². The van der Waals surface area contributed by atoms with E-state index in [1.54, 1.807) is 6.92 Å². The number of hydrogen-bond donors (Lipinski definition) is 2. The Hall–Kier alpha value is -1.10. The Bertz CT molecular complexity index is 165. The van der Waals surface area contributed by atoms with Gasteiger partial charge in [0.2, 0.25) is 0 Å². The molecule has 12 heavy (non-hydrogen) atoms. The second kappa shape index (κ2) is 5.54. The summed E-state index contributed by atoms with van der Waals surface area (Å²) in [6.45, 7) is 1.48. The second-order valence-corrected chi connectivity index (χ2v) is 2.61. The van der Waals surface area contributed by atoms with Crippen molar-refractivity contribution in [2.24, 2.45) is 5.92 Å². The zero-order valence-electron chi connectivity index (χ0n) is 6.82. The minimum atomic E-state index is -1.04. The molecule has 2 N–H and O–H groups in total. The molecule has 0 saturated carbocycles. The van der Waals surface area contributed by atoms with Crippen LogP contribution < -0.4 is 0 Å². The molecule has 0 aliphatic rings. The highest BCUT2D eigenvalue weighted by atomic mass is 16.5. The Morgan fingerprint density at radius 1 is 1.33 bits per heavy atom. The van der Waals surface area contributed by atoms with Gasteiger partial charge in [-0.3, -0.25) is 4.79 Å². The molecule has 1 unspecified atom stereocenters. The normalized spacial score (nSPS) is 12.4. The van der Waals surface area contributed by atoms with E-state index >= 15 is 0 Å². The van der Waals surface area contributed by atoms with E-state index in [1.807, 2.05) is 0 Å². The highest BCUT2D eigenvalue weighted by Gasteiger charge is 2.08. The minimum absolute atomic E-state index is 0.000378. The van der Waals surface area contributed by atoms with Crippen LogP contribution in [0.1, 0.15) is 13.3 Å². The van der Waals surface area contributed by atoms with Gasteiger partial charge in [-0.05, 0) is 5.92 Å². The van der Waals surface area contributed by atoms with Crippen LogP contribution in [-0.2, 0) is 14.3 Å². The first-order valence-corrected chi connectivity index (χ1v) is 3.53. The zero-order valence-corrected chi connectivity index (χ0v) is 6.82. The summed E-state index contributed by atoms with van der Waals surface area (Å²) in [5.74, 6) is -2.10. The first-order chi connectivity index (χ1) is 5.52. The van der Waals surface area contributed by atoms with E-state index in [0.29, 0.717) is 0 Å². The Morgan fingerprint density at radius 3 is 2.33 bits per heavy atom. The Labute approximate surface area is 70.0 Å². The lowest BCUT2D eigenvalue weighted by atomic mass is 10.1. The van der Waals surface area contributed by atoms with Crippen LogP contribution in [0, 0.1) is 5.92 Å². The molecule has 0 rings (SSSR count). The molecule has 5 nitrogen and oxygen atoms in total. The van der Waals surface area contributed by atoms with Crippen LogP contribution in [0.15, 0.2) is 0 Å². The number of hydrogen-bond acceptors (Lipinski definition) is 3. The van der Waals surface area contributed by atoms with Crippen LogP contribution >= 0.6 is 0 Å². The standard InChI is InChI=1S/C7H12O5/c1-5(2-6(8)9)3-12-4-7(10)11/h5H,2-4H2,1H3,(H,8,9)(H,10,11). The van der Waals surface area contributed by atoms with Crippen molar-refractivity contribution in [3.8, 4) is 0 Å². The SMILES string of the molecule is CC(COCC(=O)O)CC(=O)O. The largest absolute Gasteiger partial charge is 0.481 e. The van der Waals surface area contributed by atoms with Crippen molar-refractivity contribution in [2.75, 3.05) is 13.2 Å². The molecule has 0 aromatic heterocycles. The van der Waals surface area contributed by atoms with Gasteiger partial charge >= 0.3 is 11.9 Å². The monoisotopic (exact) mass is 176 g/mol. The summed E-state index contributed by atoms with van der Waals surface area (Å²) in [5, 5.41) is 16.5. The molecule has 70 valence electrons. The summed E-state index contributed by atoms with van der Waals surface area (Å²) in [7, 11) is 0. The van der Waals surface area contributed by atoms with E-state index in [2.05, 4.69) is 0 Å². The van der Waals surface area contributed by atoms with E-state index in [4.69, 9.17) is 14.9 Å². The number of carbonyl (C=O) groups is 2. The number of ether oxygens (including phenoxy) is 1. The summed E-state index contributed by atoms with van der Waals surface area (Å²) in [5.41, 5.74) is 0. The Morgan fingerprint density at radius 2 is 1.92 bits per heavy atom. The predicted octanol–water partition coefficient (Wildman–Crippen LogP) is 0.198. The molecule has 0 heterocycles. The van der Waals surface area contributed by atoms with Gasteiger partial charge in [0.25, 0.3) is 0 Å². The molecule has 1 atom stereocenters. The van der Waals surface area contributed by atoms with Gasteiger partial charge in [0, 0.05) is 0 Å². The van der Waals surface area contributed by atoms with E-state index in [9.17, 15) is 9.59 Å². The zero-order chi connectivity index (χ0) is 9.56. The third-order valence-corrected chi connectivity index (χ3v) is 1.15. The van der Waals surface area contributed by atoms with Gasteiger partial charge in [-0.2, -0.15) is 0 Å². The number of carboxylic acid groups (broad SMARTS) is 2. The molecule has 0 amide bonds. The molecule has 5 heteroatoms. The highest BCUT2D eigenvalue weighted by molar-refractivity contribution is 5.68. The quantitative estimate of drug-likeness (QED) is 0.603. The van der Waals surface area contributed by atoms with E-state index in [1.165, 1.54) is 0 Å². The van der Waals surface area contributed by atoms with E-state index < -0.39 is 11.9 Å². The van der Waals surface area contributed by atoms with E-state index in [0.717, 1.165) is 0 Å². The molecule has 0 bridgehead atoms. The topological polar surface area (TPSA) is 83.8 Å². The molecule has 0 saturated heterocycles. The summed E-state index contributed by atoms with van der Waals surface area (Å²) in [6.07, 6.45) is -0.000378. The lowest BCUT2D eigenvalue weighted by molar-refractivity contribution is -0.143. The first-order valence-electron chi connectivity index (χ1n) is 3.53. The number of aliphatic carboxylic acids is 2. The molecule has 0 aliphatic heterocycles. The average molecular weight is 176 g/mol. The summed E-state index contributed by atoms with van der Waals surface area (Å²) in [4.78, 5) is 20.1. The van der Waals surface area contributed by atoms with E-state index in [-0.39, 0.29) is 25.6 Å². The van der Waals surface area contributed by atoms with Crippen molar-refractivity contribution < 1.29 is 24.5 Å². The van der Waals surface area contributed by atoms with Crippen LogP contribution in [0.3, 0.4) is 0 Å². The highest BCUT2D eigenvalue weighted by Crippen LogP contribution is 2.01. The van der Waals surface area contributed by atoms with Crippen molar-refractivity contribution in [3.63, 3.8) is 0 Å². The third-order valence-electron chi connectivity index (χ3n) is 1.15. The fraction of sp³-hybridized carbons (Fsp3) is 0.714. The van der Waals surface area contributed by atoms with Crippen LogP contribution in [0.5, 0.6) is 0 Å². The van der Waals surface area contributed by atoms with Crippen molar-refractivity contribution >= 4 is 11.9 Å². The van der Waals surface area contributed by atoms with Gasteiger partial charge in [-0.15, -0.1) is 0 Å². The minimum Gasteiger partial charge on any atom is -0.481 e. The van der Waals surface area contributed by atoms with Gasteiger partial charge in [0.15, 0.2) is 0 Å². The van der Waals surface area contributed by atoms with Crippen LogP contribution in [0.2, 0.25) is 0 Å². The molecule has 0 aromatic carbocycles. The summed E-state index contributed by atoms with van der Waals surface area (Å²) < 4.78 is 4.69. The van der Waals surface area contributed by atoms with Crippen molar-refractivity contribution in [3.05, 3.63) is 0 Å². The number of rotatable bonds is 6. The third kappa shape index (κ3) is 7.01. The summed E-state index contributed by atoms with van der Waals surface area (Å²) >= 11 is 0. The first kappa shape index (κ1) is 10.9. The van der Waals surface area contributed by atoms with Crippen LogP contribution in [0.4, 0.5) is 0 Å². The molecule has 0 aromatic rings. The average Bonchev–Trinajstić information content (AvgIpc) is 1.84. The van der Waals surface area contributed by atoms with Crippen LogP contribution in [0.25, 0.3) is 0 Å². The molecular weight excluding hydrogens is 164 g/mol. The Kier molecular flexibility index (Phi) is 5.03. The van der Waals surface area contributed by atoms with Gasteiger partial charge in [0.05, 0.1) is 13.0 Å². The maximum Gasteiger partial charge on any atom is 0.329 e. The van der Waals surface area contributed by atoms with Crippen molar-refractivity contribution in [2.45, 2.75) is 13.3 Å².